The molecule has 0 bridgehead atoms. The zero-order valence-corrected chi connectivity index (χ0v) is 18.9. The molecule has 0 aromatic carbocycles. The van der Waals surface area contributed by atoms with Gasteiger partial charge in [-0.05, 0) is 68.5 Å². The molecule has 0 heterocycles. The highest BCUT2D eigenvalue weighted by Crippen LogP contribution is 2.03. The third kappa shape index (κ3) is 15.3. The summed E-state index contributed by atoms with van der Waals surface area (Å²) < 4.78 is 2.56. The van der Waals surface area contributed by atoms with E-state index in [0.29, 0.717) is 0 Å². The van der Waals surface area contributed by atoms with Crippen LogP contribution in [-0.2, 0) is 0 Å². The lowest BCUT2D eigenvalue weighted by atomic mass is 10.3. The van der Waals surface area contributed by atoms with E-state index in [1.54, 1.807) is 0 Å². The molecule has 0 aliphatic carbocycles. The normalized spacial score (nSPS) is 12.0. The van der Waals surface area contributed by atoms with Gasteiger partial charge >= 0.3 is 8.56 Å². The first-order valence-corrected chi connectivity index (χ1v) is 12.5. The maximum atomic E-state index is 8.22. The number of nitrogens with zero attached hydrogens (tertiary/aromatic N) is 2. The van der Waals surface area contributed by atoms with Crippen LogP contribution in [0.1, 0.15) is 55.4 Å². The zero-order valence-electron chi connectivity index (χ0n) is 17.9. The van der Waals surface area contributed by atoms with E-state index in [4.69, 9.17) is 9.59 Å². The van der Waals surface area contributed by atoms with Crippen LogP contribution in [-0.4, -0.2) is 79.5 Å². The second kappa shape index (κ2) is 14.4. The first-order valence-electron chi connectivity index (χ1n) is 9.63. The largest absolute Gasteiger partial charge is 0.411 e. The Bertz CT molecular complexity index is 187. The number of quaternary nitrogens is 2. The molecule has 0 amide bonds. The minimum absolute atomic E-state index is 1.28. The molecule has 5 heteroatoms. The van der Waals surface area contributed by atoms with Gasteiger partial charge in [-0.2, -0.15) is 0 Å². The SMILES string of the molecule is CC[N+](CC)(CC)CC.CC[N+](CC)(CC)CC.C[Si](C)(O)O. The molecule has 0 spiro atoms. The van der Waals surface area contributed by atoms with Crippen molar-refractivity contribution in [1.29, 1.82) is 0 Å². The molecule has 2 N–H and O–H groups in total. The summed E-state index contributed by atoms with van der Waals surface area (Å²) in [6.07, 6.45) is 0. The Morgan fingerprint density at radius 1 is 0.478 bits per heavy atom. The van der Waals surface area contributed by atoms with E-state index in [1.807, 2.05) is 0 Å². The topological polar surface area (TPSA) is 40.5 Å². The molecule has 0 unspecified atom stereocenters. The maximum absolute atomic E-state index is 8.22. The molecule has 0 rings (SSSR count). The van der Waals surface area contributed by atoms with E-state index in [0.717, 1.165) is 0 Å². The summed E-state index contributed by atoms with van der Waals surface area (Å²) in [5.41, 5.74) is 0. The van der Waals surface area contributed by atoms with Crippen molar-refractivity contribution < 1.29 is 18.6 Å². The predicted molar refractivity (Wildman–Crippen MR) is 107 cm³/mol. The molecule has 0 aliphatic rings. The molecule has 4 nitrogen and oxygen atoms in total. The minimum atomic E-state index is -2.61. The van der Waals surface area contributed by atoms with Gasteiger partial charge in [0.15, 0.2) is 0 Å². The highest BCUT2D eigenvalue weighted by Gasteiger charge is 2.16. The van der Waals surface area contributed by atoms with Crippen LogP contribution < -0.4 is 0 Å². The van der Waals surface area contributed by atoms with E-state index < -0.39 is 8.56 Å². The molecule has 0 radical (unpaired) electrons. The van der Waals surface area contributed by atoms with Gasteiger partial charge in [0, 0.05) is 0 Å². The first-order chi connectivity index (χ1) is 10.5. The van der Waals surface area contributed by atoms with E-state index in [-0.39, 0.29) is 0 Å². The van der Waals surface area contributed by atoms with Gasteiger partial charge in [-0.15, -0.1) is 0 Å². The lowest BCUT2D eigenvalue weighted by Gasteiger charge is -2.34. The van der Waals surface area contributed by atoms with Crippen molar-refractivity contribution in [3.8, 4) is 0 Å². The number of rotatable bonds is 8. The first kappa shape index (κ1) is 27.9. The third-order valence-electron chi connectivity index (χ3n) is 5.37. The van der Waals surface area contributed by atoms with Gasteiger partial charge in [-0.25, -0.2) is 0 Å². The van der Waals surface area contributed by atoms with E-state index >= 15 is 0 Å². The Kier molecular flexibility index (Phi) is 17.5. The van der Waals surface area contributed by atoms with Crippen molar-refractivity contribution in [2.75, 3.05) is 52.4 Å². The average molecular weight is 353 g/mol. The van der Waals surface area contributed by atoms with Crippen molar-refractivity contribution >= 4 is 8.56 Å². The summed E-state index contributed by atoms with van der Waals surface area (Å²) in [6.45, 7) is 31.3. The van der Waals surface area contributed by atoms with Crippen molar-refractivity contribution in [2.45, 2.75) is 68.5 Å². The molecule has 0 aliphatic heterocycles. The predicted octanol–water partition coefficient (Wildman–Crippen LogP) is 3.44. The summed E-state index contributed by atoms with van der Waals surface area (Å²) in [5, 5.41) is 0. The van der Waals surface area contributed by atoms with Gasteiger partial charge in [0.05, 0.1) is 52.4 Å². The molecule has 0 aromatic heterocycles. The molecule has 0 saturated carbocycles. The Labute approximate surface area is 148 Å². The maximum Gasteiger partial charge on any atom is 0.326 e. The zero-order chi connectivity index (χ0) is 19.2. The fourth-order valence-corrected chi connectivity index (χ4v) is 2.68. The second-order valence-corrected chi connectivity index (χ2v) is 9.70. The highest BCUT2D eigenvalue weighted by atomic mass is 28.4. The third-order valence-corrected chi connectivity index (χ3v) is 5.37. The molecule has 23 heavy (non-hydrogen) atoms. The van der Waals surface area contributed by atoms with Crippen LogP contribution in [0.5, 0.6) is 0 Å². The van der Waals surface area contributed by atoms with E-state index in [9.17, 15) is 0 Å². The molecule has 144 valence electrons. The minimum Gasteiger partial charge on any atom is -0.411 e. The van der Waals surface area contributed by atoms with Gasteiger partial charge in [0.2, 0.25) is 0 Å². The standard InChI is InChI=1S/2C8H20N.C2H8O2Si/c2*1-5-9(6-2,7-3)8-4;1-5(2,3)4/h2*5-8H2,1-4H3;3-4H,1-2H3/q2*+1;. The van der Waals surface area contributed by atoms with E-state index in [1.165, 1.54) is 74.4 Å². The van der Waals surface area contributed by atoms with Gasteiger partial charge < -0.3 is 18.6 Å². The lowest BCUT2D eigenvalue weighted by molar-refractivity contribution is -0.921. The van der Waals surface area contributed by atoms with Crippen LogP contribution in [0.4, 0.5) is 0 Å². The average Bonchev–Trinajstić information content (AvgIpc) is 2.52. The molecule has 0 fully saturated rings. The summed E-state index contributed by atoms with van der Waals surface area (Å²) >= 11 is 0. The van der Waals surface area contributed by atoms with Gasteiger partial charge in [0.25, 0.3) is 0 Å². The van der Waals surface area contributed by atoms with Crippen LogP contribution >= 0.6 is 0 Å². The summed E-state index contributed by atoms with van der Waals surface area (Å²) in [5.74, 6) is 0. The second-order valence-electron chi connectivity index (χ2n) is 6.71. The Morgan fingerprint density at radius 3 is 0.565 bits per heavy atom. The molecule has 0 aromatic rings. The van der Waals surface area contributed by atoms with Crippen LogP contribution in [0.15, 0.2) is 0 Å². The van der Waals surface area contributed by atoms with Gasteiger partial charge in [-0.1, -0.05) is 0 Å². The summed E-state index contributed by atoms with van der Waals surface area (Å²) in [6, 6.07) is 0. The Morgan fingerprint density at radius 2 is 0.565 bits per heavy atom. The Hall–Kier alpha value is 0.0569. The van der Waals surface area contributed by atoms with Crippen LogP contribution in [0.25, 0.3) is 0 Å². The van der Waals surface area contributed by atoms with E-state index in [2.05, 4.69) is 55.4 Å². The van der Waals surface area contributed by atoms with Crippen LogP contribution in [0.2, 0.25) is 13.1 Å². The number of hydrogen-bond acceptors (Lipinski definition) is 2. The molecular formula is C18H48N2O2Si+2. The molecule has 0 atom stereocenters. The highest BCUT2D eigenvalue weighted by molar-refractivity contribution is 6.61. The fraction of sp³-hybridized carbons (Fsp3) is 1.00. The monoisotopic (exact) mass is 352 g/mol. The van der Waals surface area contributed by atoms with Crippen molar-refractivity contribution in [1.82, 2.24) is 0 Å². The van der Waals surface area contributed by atoms with Crippen LogP contribution in [0, 0.1) is 0 Å². The lowest BCUT2D eigenvalue weighted by Crippen LogP contribution is -2.47. The Balaban J connectivity index is -0.000000273. The molecular weight excluding hydrogens is 304 g/mol. The summed E-state index contributed by atoms with van der Waals surface area (Å²) in [7, 11) is -2.61. The van der Waals surface area contributed by atoms with Crippen LogP contribution in [0.3, 0.4) is 0 Å². The quantitative estimate of drug-likeness (QED) is 0.519. The van der Waals surface area contributed by atoms with Gasteiger partial charge in [0.1, 0.15) is 0 Å². The fourth-order valence-electron chi connectivity index (χ4n) is 2.68. The van der Waals surface area contributed by atoms with Crippen molar-refractivity contribution in [3.05, 3.63) is 0 Å². The number of hydrogen-bond donors (Lipinski definition) is 2. The van der Waals surface area contributed by atoms with Crippen molar-refractivity contribution in [2.24, 2.45) is 0 Å². The van der Waals surface area contributed by atoms with Gasteiger partial charge in [-0.3, -0.25) is 0 Å². The smallest absolute Gasteiger partial charge is 0.326 e. The van der Waals surface area contributed by atoms with Crippen molar-refractivity contribution in [3.63, 3.8) is 0 Å². The summed E-state index contributed by atoms with van der Waals surface area (Å²) in [4.78, 5) is 16.4. The molecule has 0 saturated heterocycles.